The molecule has 1 atom stereocenters. The van der Waals surface area contributed by atoms with E-state index < -0.39 is 10.2 Å². The van der Waals surface area contributed by atoms with E-state index in [4.69, 9.17) is 4.74 Å². The van der Waals surface area contributed by atoms with Crippen molar-refractivity contribution in [2.45, 2.75) is 32.2 Å². The Hall–Kier alpha value is -2.35. The van der Waals surface area contributed by atoms with Gasteiger partial charge in [-0.15, -0.1) is 4.40 Å². The van der Waals surface area contributed by atoms with Gasteiger partial charge in [0.15, 0.2) is 0 Å². The summed E-state index contributed by atoms with van der Waals surface area (Å²) in [5.41, 5.74) is 0.930. The number of carbonyl (C=O) groups excluding carboxylic acids is 1. The second kappa shape index (κ2) is 7.11. The number of rotatable bonds is 3. The number of hydrogen-bond donors (Lipinski definition) is 0. The highest BCUT2D eigenvalue weighted by Crippen LogP contribution is 2.25. The van der Waals surface area contributed by atoms with Gasteiger partial charge in [0.05, 0.1) is 12.8 Å². The lowest BCUT2D eigenvalue weighted by atomic mass is 10.0. The molecule has 2 aliphatic heterocycles. The number of likely N-dealkylation sites (N-methyl/N-ethyl adjacent to an activating group) is 1. The second-order valence-corrected chi connectivity index (χ2v) is 8.15. The molecule has 140 valence electrons. The van der Waals surface area contributed by atoms with Crippen LogP contribution in [0.1, 0.15) is 31.7 Å². The first-order valence-corrected chi connectivity index (χ1v) is 9.99. The van der Waals surface area contributed by atoms with Crippen molar-refractivity contribution in [1.82, 2.24) is 9.21 Å². The molecule has 0 saturated carbocycles. The Morgan fingerprint density at radius 1 is 1.31 bits per heavy atom. The van der Waals surface area contributed by atoms with E-state index in [9.17, 15) is 13.2 Å². The first kappa shape index (κ1) is 18.4. The minimum atomic E-state index is -3.96. The lowest BCUT2D eigenvalue weighted by Crippen LogP contribution is -2.46. The summed E-state index contributed by atoms with van der Waals surface area (Å²) in [5, 5.41) is 0. The number of allylic oxidation sites excluding steroid dienone is 1. The summed E-state index contributed by atoms with van der Waals surface area (Å²) in [6, 6.07) is 7.04. The van der Waals surface area contributed by atoms with Crippen molar-refractivity contribution < 1.29 is 17.9 Å². The van der Waals surface area contributed by atoms with Crippen molar-refractivity contribution >= 4 is 21.8 Å². The van der Waals surface area contributed by atoms with Gasteiger partial charge < -0.3 is 9.64 Å². The molecular formula is C18H23N3O4S. The van der Waals surface area contributed by atoms with Crippen LogP contribution in [0.2, 0.25) is 0 Å². The Kier molecular flexibility index (Phi) is 5.04. The van der Waals surface area contributed by atoms with Gasteiger partial charge in [0.25, 0.3) is 5.91 Å². The van der Waals surface area contributed by atoms with Gasteiger partial charge in [-0.05, 0) is 44.4 Å². The minimum absolute atomic E-state index is 0.0902. The zero-order valence-corrected chi connectivity index (χ0v) is 16.0. The monoisotopic (exact) mass is 377 g/mol. The molecule has 1 aromatic carbocycles. The van der Waals surface area contributed by atoms with Gasteiger partial charge >= 0.3 is 10.2 Å². The van der Waals surface area contributed by atoms with Crippen LogP contribution in [-0.2, 0) is 15.0 Å². The van der Waals surface area contributed by atoms with E-state index in [1.54, 1.807) is 35.2 Å². The first-order chi connectivity index (χ1) is 12.3. The fourth-order valence-corrected chi connectivity index (χ4v) is 4.13. The van der Waals surface area contributed by atoms with E-state index in [0.29, 0.717) is 17.9 Å². The SMILES string of the molecule is COc1cccc(C2=NS(=O)(=O)N(C)C(C(=O)N3CCCC[C@@H]3C)=C2)c1. The molecule has 8 heteroatoms. The molecule has 0 N–H and O–H groups in total. The Balaban J connectivity index is 2.02. The molecule has 2 aliphatic rings. The Morgan fingerprint density at radius 3 is 2.77 bits per heavy atom. The average Bonchev–Trinajstić information content (AvgIpc) is 2.63. The number of likely N-dealkylation sites (tertiary alicyclic amines) is 1. The van der Waals surface area contributed by atoms with Crippen molar-refractivity contribution in [1.29, 1.82) is 0 Å². The van der Waals surface area contributed by atoms with Gasteiger partial charge in [-0.25, -0.2) is 4.31 Å². The Morgan fingerprint density at radius 2 is 2.08 bits per heavy atom. The molecule has 1 fully saturated rings. The molecule has 0 radical (unpaired) electrons. The molecule has 0 aliphatic carbocycles. The molecular weight excluding hydrogens is 354 g/mol. The molecule has 0 aromatic heterocycles. The number of methoxy groups -OCH3 is 1. The van der Waals surface area contributed by atoms with Crippen LogP contribution in [0, 0.1) is 0 Å². The van der Waals surface area contributed by atoms with Crippen LogP contribution in [0.5, 0.6) is 5.75 Å². The third-order valence-electron chi connectivity index (χ3n) is 4.82. The summed E-state index contributed by atoms with van der Waals surface area (Å²) in [6.45, 7) is 2.63. The molecule has 0 unspecified atom stereocenters. The van der Waals surface area contributed by atoms with E-state index in [1.165, 1.54) is 14.2 Å². The molecule has 0 spiro atoms. The van der Waals surface area contributed by atoms with Crippen molar-refractivity contribution in [3.05, 3.63) is 41.6 Å². The van der Waals surface area contributed by atoms with Crippen LogP contribution < -0.4 is 4.74 Å². The number of hydrogen-bond acceptors (Lipinski definition) is 4. The van der Waals surface area contributed by atoms with Gasteiger partial charge in [-0.3, -0.25) is 4.79 Å². The molecule has 1 aromatic rings. The highest BCUT2D eigenvalue weighted by atomic mass is 32.2. The molecule has 1 amide bonds. The van der Waals surface area contributed by atoms with E-state index in [0.717, 1.165) is 23.6 Å². The van der Waals surface area contributed by atoms with E-state index in [1.807, 2.05) is 6.92 Å². The van der Waals surface area contributed by atoms with Crippen LogP contribution in [0.25, 0.3) is 0 Å². The topological polar surface area (TPSA) is 79.3 Å². The fourth-order valence-electron chi connectivity index (χ4n) is 3.22. The summed E-state index contributed by atoms with van der Waals surface area (Å²) in [4.78, 5) is 14.8. The standard InChI is InChI=1S/C18H23N3O4S/c1-13-7-4-5-10-21(13)18(22)17-12-16(19-26(23,24)20(17)2)14-8-6-9-15(11-14)25-3/h6,8-9,11-13H,4-5,7,10H2,1-3H3/t13-/m0/s1. The van der Waals surface area contributed by atoms with Gasteiger partial charge in [-0.1, -0.05) is 12.1 Å². The molecule has 1 saturated heterocycles. The third-order valence-corrected chi connectivity index (χ3v) is 6.14. The van der Waals surface area contributed by atoms with Crippen molar-refractivity contribution in [2.24, 2.45) is 4.40 Å². The third kappa shape index (κ3) is 3.46. The molecule has 7 nitrogen and oxygen atoms in total. The summed E-state index contributed by atoms with van der Waals surface area (Å²) in [7, 11) is -1.07. The number of ether oxygens (including phenoxy) is 1. The fraction of sp³-hybridized carbons (Fsp3) is 0.444. The van der Waals surface area contributed by atoms with Crippen molar-refractivity contribution in [2.75, 3.05) is 20.7 Å². The molecule has 0 bridgehead atoms. The number of piperidine rings is 1. The highest BCUT2D eigenvalue weighted by molar-refractivity contribution is 7.88. The molecule has 2 heterocycles. The van der Waals surface area contributed by atoms with Gasteiger partial charge in [0.1, 0.15) is 11.4 Å². The van der Waals surface area contributed by atoms with E-state index >= 15 is 0 Å². The summed E-state index contributed by atoms with van der Waals surface area (Å²) in [5.74, 6) is 0.311. The normalized spacial score (nSPS) is 22.5. The predicted molar refractivity (Wildman–Crippen MR) is 99.3 cm³/mol. The lowest BCUT2D eigenvalue weighted by molar-refractivity contribution is -0.131. The van der Waals surface area contributed by atoms with Crippen LogP contribution >= 0.6 is 0 Å². The summed E-state index contributed by atoms with van der Waals surface area (Å²) in [6.07, 6.45) is 4.47. The smallest absolute Gasteiger partial charge is 0.345 e. The van der Waals surface area contributed by atoms with Crippen LogP contribution in [-0.4, -0.2) is 56.0 Å². The maximum atomic E-state index is 13.0. The van der Waals surface area contributed by atoms with Crippen LogP contribution in [0.15, 0.2) is 40.4 Å². The minimum Gasteiger partial charge on any atom is -0.497 e. The van der Waals surface area contributed by atoms with Crippen LogP contribution in [0.3, 0.4) is 0 Å². The van der Waals surface area contributed by atoms with Gasteiger partial charge in [0, 0.05) is 25.2 Å². The molecule has 3 rings (SSSR count). The number of nitrogens with zero attached hydrogens (tertiary/aromatic N) is 3. The lowest BCUT2D eigenvalue weighted by Gasteiger charge is -2.36. The average molecular weight is 377 g/mol. The van der Waals surface area contributed by atoms with Crippen LogP contribution in [0.4, 0.5) is 0 Å². The number of amides is 1. The highest BCUT2D eigenvalue weighted by Gasteiger charge is 2.34. The zero-order chi connectivity index (χ0) is 18.9. The quantitative estimate of drug-likeness (QED) is 0.807. The maximum absolute atomic E-state index is 13.0. The van der Waals surface area contributed by atoms with Gasteiger partial charge in [0.2, 0.25) is 0 Å². The molecule has 26 heavy (non-hydrogen) atoms. The zero-order valence-electron chi connectivity index (χ0n) is 15.2. The second-order valence-electron chi connectivity index (χ2n) is 6.53. The maximum Gasteiger partial charge on any atom is 0.345 e. The number of benzene rings is 1. The van der Waals surface area contributed by atoms with E-state index in [-0.39, 0.29) is 23.4 Å². The predicted octanol–water partition coefficient (Wildman–Crippen LogP) is 1.96. The summed E-state index contributed by atoms with van der Waals surface area (Å²) >= 11 is 0. The van der Waals surface area contributed by atoms with E-state index in [2.05, 4.69) is 4.40 Å². The number of carbonyl (C=O) groups is 1. The summed E-state index contributed by atoms with van der Waals surface area (Å²) < 4.78 is 35.0. The largest absolute Gasteiger partial charge is 0.497 e. The van der Waals surface area contributed by atoms with Gasteiger partial charge in [-0.2, -0.15) is 8.42 Å². The van der Waals surface area contributed by atoms with Crippen molar-refractivity contribution in [3.63, 3.8) is 0 Å². The Bertz CT molecular complexity index is 876. The Labute approximate surface area is 154 Å². The first-order valence-electron chi connectivity index (χ1n) is 8.59. The van der Waals surface area contributed by atoms with Crippen molar-refractivity contribution in [3.8, 4) is 5.75 Å².